The summed E-state index contributed by atoms with van der Waals surface area (Å²) in [5.41, 5.74) is 2.64. The van der Waals surface area contributed by atoms with Crippen LogP contribution in [0.5, 0.6) is 11.5 Å². The molecular weight excluding hydrogens is 696 g/mol. The molecule has 288 valence electrons. The van der Waals surface area contributed by atoms with Crippen LogP contribution in [0.2, 0.25) is 0 Å². The highest BCUT2D eigenvalue weighted by Gasteiger charge is 2.54. The summed E-state index contributed by atoms with van der Waals surface area (Å²) in [6.07, 6.45) is -10.5. The Labute approximate surface area is 315 Å². The molecule has 0 bridgehead atoms. The molecule has 12 heteroatoms. The van der Waals surface area contributed by atoms with Crippen molar-refractivity contribution in [1.29, 1.82) is 0 Å². The molecule has 12 nitrogen and oxygen atoms in total. The summed E-state index contributed by atoms with van der Waals surface area (Å²) < 4.78 is 56.4. The second-order valence-electron chi connectivity index (χ2n) is 13.2. The molecule has 2 N–H and O–H groups in total. The molecular formula is C42H48O12. The van der Waals surface area contributed by atoms with E-state index < -0.39 is 74.0 Å². The van der Waals surface area contributed by atoms with E-state index in [1.54, 1.807) is 31.4 Å². The monoisotopic (exact) mass is 744 g/mol. The van der Waals surface area contributed by atoms with Gasteiger partial charge in [-0.1, -0.05) is 91.0 Å². The van der Waals surface area contributed by atoms with Gasteiger partial charge >= 0.3 is 5.97 Å². The zero-order valence-corrected chi connectivity index (χ0v) is 30.5. The standard InChI is InChI=1S/C42H48O12/c1-27-36(47-24-29-13-7-4-8-14-29)38(40(51-28(2)44)42(50-27)52-33-21-19-32(46-3)20-22-33)54-41-39(49-26-31-17-11-6-12-18-31)37(35(45)34(23-43)53-41)48-25-30-15-9-5-10-16-30/h4-22,27,34-43,45H,23-26H2,1-3H3/t27-,34+,35+,36-,37-,38+,39+,40+,41+,42-/m0/s1. The van der Waals surface area contributed by atoms with Crippen molar-refractivity contribution in [2.24, 2.45) is 0 Å². The minimum atomic E-state index is -1.28. The van der Waals surface area contributed by atoms with E-state index in [0.717, 1.165) is 16.7 Å². The summed E-state index contributed by atoms with van der Waals surface area (Å²) in [5, 5.41) is 21.9. The van der Waals surface area contributed by atoms with Crippen molar-refractivity contribution >= 4 is 5.97 Å². The molecule has 0 amide bonds. The molecule has 0 radical (unpaired) electrons. The molecule has 0 spiro atoms. The molecule has 2 fully saturated rings. The number of rotatable bonds is 16. The minimum Gasteiger partial charge on any atom is -0.497 e. The van der Waals surface area contributed by atoms with Crippen molar-refractivity contribution in [3.63, 3.8) is 0 Å². The zero-order valence-electron chi connectivity index (χ0n) is 30.5. The fourth-order valence-corrected chi connectivity index (χ4v) is 6.53. The van der Waals surface area contributed by atoms with E-state index in [9.17, 15) is 15.0 Å². The molecule has 2 aliphatic heterocycles. The van der Waals surface area contributed by atoms with Crippen molar-refractivity contribution < 1.29 is 57.6 Å². The van der Waals surface area contributed by atoms with Gasteiger partial charge in [-0.25, -0.2) is 0 Å². The number of esters is 1. The maximum atomic E-state index is 12.7. The predicted molar refractivity (Wildman–Crippen MR) is 195 cm³/mol. The lowest BCUT2D eigenvalue weighted by atomic mass is 9.96. The Kier molecular flexibility index (Phi) is 14.0. The Morgan fingerprint density at radius 3 is 1.63 bits per heavy atom. The summed E-state index contributed by atoms with van der Waals surface area (Å²) in [4.78, 5) is 12.7. The van der Waals surface area contributed by atoms with Crippen molar-refractivity contribution in [2.75, 3.05) is 13.7 Å². The van der Waals surface area contributed by atoms with Gasteiger partial charge in [0.2, 0.25) is 6.29 Å². The van der Waals surface area contributed by atoms with Gasteiger partial charge in [-0.3, -0.25) is 4.79 Å². The second-order valence-corrected chi connectivity index (χ2v) is 13.2. The lowest BCUT2D eigenvalue weighted by Crippen LogP contribution is -2.66. The van der Waals surface area contributed by atoms with E-state index in [1.165, 1.54) is 6.92 Å². The average Bonchev–Trinajstić information content (AvgIpc) is 3.19. The van der Waals surface area contributed by atoms with E-state index >= 15 is 0 Å². The van der Waals surface area contributed by atoms with Gasteiger partial charge in [0, 0.05) is 6.92 Å². The van der Waals surface area contributed by atoms with Crippen molar-refractivity contribution in [1.82, 2.24) is 0 Å². The molecule has 2 saturated heterocycles. The Bertz CT molecular complexity index is 1690. The summed E-state index contributed by atoms with van der Waals surface area (Å²) in [5.74, 6) is 0.461. The molecule has 2 heterocycles. The van der Waals surface area contributed by atoms with Crippen LogP contribution < -0.4 is 9.47 Å². The normalized spacial score (nSPS) is 28.2. The van der Waals surface area contributed by atoms with E-state index in [0.29, 0.717) is 11.5 Å². The largest absolute Gasteiger partial charge is 0.497 e. The number of hydrogen-bond acceptors (Lipinski definition) is 12. The number of carbonyl (C=O) groups excluding carboxylic acids is 1. The Morgan fingerprint density at radius 1 is 0.630 bits per heavy atom. The minimum absolute atomic E-state index is 0.130. The summed E-state index contributed by atoms with van der Waals surface area (Å²) in [7, 11) is 1.57. The zero-order chi connectivity index (χ0) is 37.9. The molecule has 0 unspecified atom stereocenters. The highest BCUT2D eigenvalue weighted by atomic mass is 16.8. The van der Waals surface area contributed by atoms with Crippen LogP contribution in [0.4, 0.5) is 0 Å². The number of carbonyl (C=O) groups is 1. The number of ether oxygens (including phenoxy) is 9. The lowest BCUT2D eigenvalue weighted by molar-refractivity contribution is -0.363. The second kappa shape index (κ2) is 19.3. The summed E-state index contributed by atoms with van der Waals surface area (Å²) in [6.45, 7) is 3.03. The maximum absolute atomic E-state index is 12.7. The van der Waals surface area contributed by atoms with E-state index in [-0.39, 0.29) is 19.8 Å². The molecule has 54 heavy (non-hydrogen) atoms. The summed E-state index contributed by atoms with van der Waals surface area (Å²) >= 11 is 0. The van der Waals surface area contributed by atoms with Crippen LogP contribution in [0.25, 0.3) is 0 Å². The Morgan fingerprint density at radius 2 is 1.13 bits per heavy atom. The van der Waals surface area contributed by atoms with Crippen LogP contribution in [0, 0.1) is 0 Å². The fourth-order valence-electron chi connectivity index (χ4n) is 6.53. The van der Waals surface area contributed by atoms with Crippen LogP contribution in [-0.4, -0.2) is 91.3 Å². The first-order valence-electron chi connectivity index (χ1n) is 18.0. The van der Waals surface area contributed by atoms with Gasteiger partial charge in [0.05, 0.1) is 39.6 Å². The van der Waals surface area contributed by atoms with E-state index in [2.05, 4.69) is 0 Å². The molecule has 10 atom stereocenters. The van der Waals surface area contributed by atoms with Gasteiger partial charge in [0.15, 0.2) is 12.4 Å². The van der Waals surface area contributed by atoms with E-state index in [4.69, 9.17) is 42.6 Å². The van der Waals surface area contributed by atoms with Crippen LogP contribution in [-0.2, 0) is 57.8 Å². The first-order valence-corrected chi connectivity index (χ1v) is 18.0. The number of methoxy groups -OCH3 is 1. The van der Waals surface area contributed by atoms with Gasteiger partial charge in [0.25, 0.3) is 0 Å². The SMILES string of the molecule is COc1ccc(O[C@@H]2O[C@@H](C)[C@H](OCc3ccccc3)[C@@H](O[C@H]3O[C@H](CO)[C@@H](O)[C@H](OCc4ccccc4)[C@H]3OCc3ccccc3)[C@H]2OC(C)=O)cc1. The van der Waals surface area contributed by atoms with Gasteiger partial charge in [0.1, 0.15) is 48.1 Å². The van der Waals surface area contributed by atoms with Crippen molar-refractivity contribution in [2.45, 2.75) is 95.1 Å². The third-order valence-electron chi connectivity index (χ3n) is 9.29. The van der Waals surface area contributed by atoms with Crippen LogP contribution >= 0.6 is 0 Å². The fraction of sp³-hybridized carbons (Fsp3) is 0.405. The third-order valence-corrected chi connectivity index (χ3v) is 9.29. The smallest absolute Gasteiger partial charge is 0.303 e. The van der Waals surface area contributed by atoms with Gasteiger partial charge < -0.3 is 52.8 Å². The lowest BCUT2D eigenvalue weighted by Gasteiger charge is -2.48. The maximum Gasteiger partial charge on any atom is 0.303 e. The van der Waals surface area contributed by atoms with Gasteiger partial charge in [-0.15, -0.1) is 0 Å². The third kappa shape index (κ3) is 10.2. The van der Waals surface area contributed by atoms with Crippen LogP contribution in [0.15, 0.2) is 115 Å². The van der Waals surface area contributed by atoms with Crippen molar-refractivity contribution in [3.8, 4) is 11.5 Å². The number of aliphatic hydroxyl groups excluding tert-OH is 2. The quantitative estimate of drug-likeness (QED) is 0.150. The molecule has 4 aromatic rings. The molecule has 0 saturated carbocycles. The highest BCUT2D eigenvalue weighted by Crippen LogP contribution is 2.36. The molecule has 4 aromatic carbocycles. The predicted octanol–water partition coefficient (Wildman–Crippen LogP) is 4.97. The topological polar surface area (TPSA) is 141 Å². The van der Waals surface area contributed by atoms with Crippen LogP contribution in [0.3, 0.4) is 0 Å². The number of benzene rings is 4. The number of aliphatic hydroxyl groups is 2. The average molecular weight is 745 g/mol. The highest BCUT2D eigenvalue weighted by molar-refractivity contribution is 5.66. The first kappa shape index (κ1) is 39.3. The van der Waals surface area contributed by atoms with Crippen LogP contribution in [0.1, 0.15) is 30.5 Å². The molecule has 0 aliphatic carbocycles. The molecule has 6 rings (SSSR count). The Hall–Kier alpha value is -4.37. The van der Waals surface area contributed by atoms with E-state index in [1.807, 2.05) is 97.9 Å². The Balaban J connectivity index is 1.35. The first-order chi connectivity index (χ1) is 26.3. The molecule has 0 aromatic heterocycles. The molecule has 2 aliphatic rings. The number of hydrogen-bond donors (Lipinski definition) is 2. The summed E-state index contributed by atoms with van der Waals surface area (Å²) in [6, 6.07) is 35.6. The van der Waals surface area contributed by atoms with Crippen molar-refractivity contribution in [3.05, 3.63) is 132 Å². The van der Waals surface area contributed by atoms with Gasteiger partial charge in [-0.05, 0) is 47.9 Å². The van der Waals surface area contributed by atoms with Gasteiger partial charge in [-0.2, -0.15) is 0 Å².